The van der Waals surface area contributed by atoms with Gasteiger partial charge >= 0.3 is 6.18 Å². The molecule has 1 fully saturated rings. The number of hydrogen-bond donors (Lipinski definition) is 1. The number of nitrogens with one attached hydrogen (secondary N) is 1. The summed E-state index contributed by atoms with van der Waals surface area (Å²) >= 11 is 0. The number of anilines is 1. The van der Waals surface area contributed by atoms with Crippen molar-refractivity contribution >= 4 is 15.7 Å². The highest BCUT2D eigenvalue weighted by molar-refractivity contribution is 7.90. The van der Waals surface area contributed by atoms with E-state index >= 15 is 0 Å². The third-order valence-electron chi connectivity index (χ3n) is 3.86. The number of sulfone groups is 1. The van der Waals surface area contributed by atoms with Crippen LogP contribution in [0.15, 0.2) is 18.3 Å². The zero-order chi connectivity index (χ0) is 17.1. The zero-order valence-corrected chi connectivity index (χ0v) is 13.5. The highest BCUT2D eigenvalue weighted by Crippen LogP contribution is 2.33. The Hall–Kier alpha value is -1.35. The molecule has 1 aromatic heterocycles. The molecule has 23 heavy (non-hydrogen) atoms. The standard InChI is InChI=1S/C14H19F3N2O3S/c1-23(20,21)10-13(4-6-22-7-5-13)9-19-12-3-2-11(8-18-12)14(15,16)17/h2-3,8H,4-7,9-10H2,1H3,(H,18,19). The van der Waals surface area contributed by atoms with Gasteiger partial charge in [-0.3, -0.25) is 0 Å². The van der Waals surface area contributed by atoms with Crippen molar-refractivity contribution in [1.29, 1.82) is 0 Å². The second-order valence-corrected chi connectivity index (χ2v) is 8.11. The topological polar surface area (TPSA) is 68.3 Å². The van der Waals surface area contributed by atoms with Gasteiger partial charge in [-0.05, 0) is 25.0 Å². The molecule has 0 bridgehead atoms. The summed E-state index contributed by atoms with van der Waals surface area (Å²) in [4.78, 5) is 3.75. The number of hydrogen-bond acceptors (Lipinski definition) is 5. The zero-order valence-electron chi connectivity index (χ0n) is 12.7. The van der Waals surface area contributed by atoms with Crippen LogP contribution in [0.3, 0.4) is 0 Å². The van der Waals surface area contributed by atoms with E-state index in [0.717, 1.165) is 12.3 Å². The summed E-state index contributed by atoms with van der Waals surface area (Å²) in [5, 5.41) is 2.96. The summed E-state index contributed by atoms with van der Waals surface area (Å²) < 4.78 is 66.1. The molecule has 1 aliphatic rings. The molecule has 1 saturated heterocycles. The average Bonchev–Trinajstić information content (AvgIpc) is 2.44. The van der Waals surface area contributed by atoms with Crippen LogP contribution in [0, 0.1) is 5.41 Å². The molecular formula is C14H19F3N2O3S. The van der Waals surface area contributed by atoms with Crippen LogP contribution in [0.1, 0.15) is 18.4 Å². The van der Waals surface area contributed by atoms with Crippen LogP contribution < -0.4 is 5.32 Å². The minimum Gasteiger partial charge on any atom is -0.381 e. The molecule has 0 aromatic carbocycles. The number of halogens is 3. The molecule has 1 N–H and O–H groups in total. The summed E-state index contributed by atoms with van der Waals surface area (Å²) in [5.41, 5.74) is -1.31. The van der Waals surface area contributed by atoms with Crippen molar-refractivity contribution < 1.29 is 26.3 Å². The summed E-state index contributed by atoms with van der Waals surface area (Å²) in [6, 6.07) is 2.19. The third kappa shape index (κ3) is 5.35. The normalized spacial score (nSPS) is 18.6. The number of pyridine rings is 1. The van der Waals surface area contributed by atoms with E-state index in [1.165, 1.54) is 12.3 Å². The lowest BCUT2D eigenvalue weighted by atomic mass is 9.82. The Labute approximate surface area is 133 Å². The molecule has 0 atom stereocenters. The van der Waals surface area contributed by atoms with Crippen LogP contribution in [-0.2, 0) is 20.8 Å². The number of nitrogens with zero attached hydrogens (tertiary/aromatic N) is 1. The Morgan fingerprint density at radius 2 is 1.96 bits per heavy atom. The van der Waals surface area contributed by atoms with Gasteiger partial charge in [-0.1, -0.05) is 0 Å². The van der Waals surface area contributed by atoms with Gasteiger partial charge in [-0.25, -0.2) is 13.4 Å². The lowest BCUT2D eigenvalue weighted by molar-refractivity contribution is -0.137. The highest BCUT2D eigenvalue weighted by Gasteiger charge is 2.36. The van der Waals surface area contributed by atoms with Crippen LogP contribution in [-0.4, -0.2) is 45.2 Å². The van der Waals surface area contributed by atoms with Crippen LogP contribution in [0.25, 0.3) is 0 Å². The third-order valence-corrected chi connectivity index (χ3v) is 4.99. The Morgan fingerprint density at radius 1 is 1.30 bits per heavy atom. The molecule has 2 rings (SSSR count). The van der Waals surface area contributed by atoms with E-state index in [1.54, 1.807) is 0 Å². The van der Waals surface area contributed by atoms with E-state index in [1.807, 2.05) is 0 Å². The Bertz CT molecular complexity index is 624. The van der Waals surface area contributed by atoms with Gasteiger partial charge in [0, 0.05) is 37.6 Å². The van der Waals surface area contributed by atoms with Crippen molar-refractivity contribution in [1.82, 2.24) is 4.98 Å². The first-order valence-corrected chi connectivity index (χ1v) is 9.18. The minimum atomic E-state index is -4.43. The molecule has 130 valence electrons. The average molecular weight is 352 g/mol. The van der Waals surface area contributed by atoms with E-state index in [4.69, 9.17) is 4.74 Å². The van der Waals surface area contributed by atoms with Crippen molar-refractivity contribution in [2.75, 3.05) is 37.1 Å². The first kappa shape index (κ1) is 18.0. The smallest absolute Gasteiger partial charge is 0.381 e. The fourth-order valence-corrected chi connectivity index (χ4v) is 4.18. The second-order valence-electron chi connectivity index (χ2n) is 5.97. The lowest BCUT2D eigenvalue weighted by Crippen LogP contribution is -2.41. The highest BCUT2D eigenvalue weighted by atomic mass is 32.2. The van der Waals surface area contributed by atoms with E-state index in [0.29, 0.717) is 32.6 Å². The minimum absolute atomic E-state index is 0.0109. The van der Waals surface area contributed by atoms with Gasteiger partial charge in [0.05, 0.1) is 11.3 Å². The van der Waals surface area contributed by atoms with Gasteiger partial charge in [0.25, 0.3) is 0 Å². The Balaban J connectivity index is 2.06. The fourth-order valence-electron chi connectivity index (χ4n) is 2.68. The summed E-state index contributed by atoms with van der Waals surface area (Å²) in [7, 11) is -3.18. The number of alkyl halides is 3. The number of aromatic nitrogens is 1. The van der Waals surface area contributed by atoms with E-state index in [-0.39, 0.29) is 11.6 Å². The van der Waals surface area contributed by atoms with Crippen molar-refractivity contribution in [2.24, 2.45) is 5.41 Å². The van der Waals surface area contributed by atoms with Crippen molar-refractivity contribution in [3.63, 3.8) is 0 Å². The van der Waals surface area contributed by atoms with Gasteiger partial charge in [0.1, 0.15) is 15.7 Å². The molecule has 1 aromatic rings. The predicted molar refractivity (Wildman–Crippen MR) is 79.9 cm³/mol. The van der Waals surface area contributed by atoms with E-state index in [9.17, 15) is 21.6 Å². The summed E-state index contributed by atoms with van der Waals surface area (Å²) in [6.07, 6.45) is -1.33. The SMILES string of the molecule is CS(=O)(=O)CC1(CNc2ccc(C(F)(F)F)cn2)CCOCC1. The molecule has 5 nitrogen and oxygen atoms in total. The van der Waals surface area contributed by atoms with Crippen LogP contribution in [0.4, 0.5) is 19.0 Å². The predicted octanol–water partition coefficient (Wildman–Crippen LogP) is 2.35. The molecule has 0 aliphatic carbocycles. The lowest BCUT2D eigenvalue weighted by Gasteiger charge is -2.36. The largest absolute Gasteiger partial charge is 0.417 e. The van der Waals surface area contributed by atoms with Gasteiger partial charge in [0.15, 0.2) is 0 Å². The van der Waals surface area contributed by atoms with Crippen LogP contribution >= 0.6 is 0 Å². The maximum Gasteiger partial charge on any atom is 0.417 e. The van der Waals surface area contributed by atoms with Gasteiger partial charge in [-0.2, -0.15) is 13.2 Å². The molecule has 0 unspecified atom stereocenters. The first-order chi connectivity index (χ1) is 10.6. The van der Waals surface area contributed by atoms with Crippen LogP contribution in [0.2, 0.25) is 0 Å². The maximum atomic E-state index is 12.5. The molecule has 2 heterocycles. The van der Waals surface area contributed by atoms with Gasteiger partial charge in [0.2, 0.25) is 0 Å². The van der Waals surface area contributed by atoms with Gasteiger partial charge < -0.3 is 10.1 Å². The molecule has 0 spiro atoms. The molecule has 0 amide bonds. The van der Waals surface area contributed by atoms with Crippen LogP contribution in [0.5, 0.6) is 0 Å². The molecule has 0 radical (unpaired) electrons. The summed E-state index contributed by atoms with van der Waals surface area (Å²) in [6.45, 7) is 1.26. The Kier molecular flexibility index (Phi) is 5.20. The second kappa shape index (κ2) is 6.64. The van der Waals surface area contributed by atoms with E-state index in [2.05, 4.69) is 10.3 Å². The quantitative estimate of drug-likeness (QED) is 0.881. The molecule has 9 heteroatoms. The van der Waals surface area contributed by atoms with Crippen molar-refractivity contribution in [3.05, 3.63) is 23.9 Å². The maximum absolute atomic E-state index is 12.5. The molecular weight excluding hydrogens is 333 g/mol. The number of rotatable bonds is 5. The monoisotopic (exact) mass is 352 g/mol. The van der Waals surface area contributed by atoms with E-state index < -0.39 is 27.0 Å². The van der Waals surface area contributed by atoms with Crippen molar-refractivity contribution in [3.8, 4) is 0 Å². The molecule has 0 saturated carbocycles. The molecule has 1 aliphatic heterocycles. The first-order valence-electron chi connectivity index (χ1n) is 7.12. The number of ether oxygens (including phenoxy) is 1. The fraction of sp³-hybridized carbons (Fsp3) is 0.643. The summed E-state index contributed by atoms with van der Waals surface area (Å²) in [5.74, 6) is 0.300. The van der Waals surface area contributed by atoms with Crippen molar-refractivity contribution in [2.45, 2.75) is 19.0 Å². The van der Waals surface area contributed by atoms with Gasteiger partial charge in [-0.15, -0.1) is 0 Å². The Morgan fingerprint density at radius 3 is 2.43 bits per heavy atom.